The largest absolute Gasteiger partial charge is 0.507 e. The smallest absolute Gasteiger partial charge is 0.301 e. The second-order valence-electron chi connectivity index (χ2n) is 3.15. The van der Waals surface area contributed by atoms with Crippen LogP contribution in [0.5, 0.6) is 5.75 Å². The minimum absolute atomic E-state index is 0.0687. The van der Waals surface area contributed by atoms with Crippen molar-refractivity contribution in [2.45, 2.75) is 9.92 Å². The van der Waals surface area contributed by atoms with E-state index in [2.05, 4.69) is 4.98 Å². The summed E-state index contributed by atoms with van der Waals surface area (Å²) in [5.74, 6) is 0.0810. The Hall–Kier alpha value is -2.08. The van der Waals surface area contributed by atoms with Crippen molar-refractivity contribution >= 4 is 17.4 Å². The lowest BCUT2D eigenvalue weighted by Gasteiger charge is -2.03. The molecule has 0 atom stereocenters. The summed E-state index contributed by atoms with van der Waals surface area (Å²) in [6.07, 6.45) is 1.48. The molecule has 1 aromatic heterocycles. The van der Waals surface area contributed by atoms with Gasteiger partial charge in [0.2, 0.25) is 0 Å². The van der Waals surface area contributed by atoms with Crippen LogP contribution in [0.4, 0.5) is 5.69 Å². The number of para-hydroxylation sites is 1. The van der Waals surface area contributed by atoms with Gasteiger partial charge in [0.15, 0.2) is 5.03 Å². The summed E-state index contributed by atoms with van der Waals surface area (Å²) >= 11 is 1.07. The summed E-state index contributed by atoms with van der Waals surface area (Å²) in [6.45, 7) is 0. The van der Waals surface area contributed by atoms with Crippen molar-refractivity contribution in [3.05, 3.63) is 52.7 Å². The van der Waals surface area contributed by atoms with Crippen molar-refractivity contribution in [2.75, 3.05) is 0 Å². The Morgan fingerprint density at radius 1 is 1.24 bits per heavy atom. The van der Waals surface area contributed by atoms with Crippen molar-refractivity contribution in [3.8, 4) is 5.75 Å². The van der Waals surface area contributed by atoms with Crippen LogP contribution in [0, 0.1) is 10.1 Å². The number of phenolic OH excluding ortho intramolecular Hbond substituents is 1. The zero-order valence-electron chi connectivity index (χ0n) is 8.61. The molecule has 0 radical (unpaired) electrons. The predicted molar refractivity (Wildman–Crippen MR) is 63.1 cm³/mol. The first-order chi connectivity index (χ1) is 8.18. The molecule has 0 amide bonds. The van der Waals surface area contributed by atoms with E-state index in [1.807, 2.05) is 0 Å². The molecule has 0 spiro atoms. The standard InChI is InChI=1S/C11H8N2O3S/c14-9-5-1-2-6-10(9)17-11-8(13(15)16)4-3-7-12-11/h1-7,14H. The van der Waals surface area contributed by atoms with Gasteiger partial charge >= 0.3 is 5.69 Å². The lowest BCUT2D eigenvalue weighted by atomic mass is 10.3. The first-order valence-electron chi connectivity index (χ1n) is 4.74. The Morgan fingerprint density at radius 2 is 2.00 bits per heavy atom. The lowest BCUT2D eigenvalue weighted by Crippen LogP contribution is -1.92. The van der Waals surface area contributed by atoms with E-state index in [0.29, 0.717) is 4.90 Å². The van der Waals surface area contributed by atoms with Gasteiger partial charge in [0.1, 0.15) is 5.75 Å². The Kier molecular flexibility index (Phi) is 3.24. The molecular weight excluding hydrogens is 240 g/mol. The highest BCUT2D eigenvalue weighted by molar-refractivity contribution is 7.99. The second-order valence-corrected chi connectivity index (χ2v) is 4.19. The van der Waals surface area contributed by atoms with E-state index >= 15 is 0 Å². The van der Waals surface area contributed by atoms with Gasteiger partial charge in [-0.2, -0.15) is 0 Å². The molecule has 0 saturated heterocycles. The number of pyridine rings is 1. The van der Waals surface area contributed by atoms with Crippen LogP contribution in [0.1, 0.15) is 0 Å². The number of nitrogens with zero attached hydrogens (tertiary/aromatic N) is 2. The first-order valence-corrected chi connectivity index (χ1v) is 5.55. The molecular formula is C11H8N2O3S. The highest BCUT2D eigenvalue weighted by Gasteiger charge is 2.16. The molecule has 0 saturated carbocycles. The molecule has 0 fully saturated rings. The average molecular weight is 248 g/mol. The van der Waals surface area contributed by atoms with E-state index in [4.69, 9.17) is 0 Å². The molecule has 0 aliphatic carbocycles. The van der Waals surface area contributed by atoms with Gasteiger partial charge in [0, 0.05) is 12.3 Å². The Bertz CT molecular complexity index is 560. The maximum atomic E-state index is 10.8. The Morgan fingerprint density at radius 3 is 2.71 bits per heavy atom. The summed E-state index contributed by atoms with van der Waals surface area (Å²) in [5, 5.41) is 20.6. The van der Waals surface area contributed by atoms with E-state index in [0.717, 1.165) is 11.8 Å². The van der Waals surface area contributed by atoms with Crippen molar-refractivity contribution in [2.24, 2.45) is 0 Å². The van der Waals surface area contributed by atoms with Gasteiger partial charge in [-0.25, -0.2) is 4.98 Å². The maximum Gasteiger partial charge on any atom is 0.301 e. The van der Waals surface area contributed by atoms with Gasteiger partial charge in [-0.3, -0.25) is 10.1 Å². The van der Waals surface area contributed by atoms with Gasteiger partial charge in [0.05, 0.1) is 9.82 Å². The first kappa shape index (κ1) is 11.4. The van der Waals surface area contributed by atoms with Crippen molar-refractivity contribution < 1.29 is 10.0 Å². The Labute approximate surface area is 101 Å². The average Bonchev–Trinajstić information content (AvgIpc) is 2.32. The minimum atomic E-state index is -0.491. The number of aromatic hydroxyl groups is 1. The third-order valence-electron chi connectivity index (χ3n) is 2.02. The van der Waals surface area contributed by atoms with E-state index in [1.54, 1.807) is 18.2 Å². The van der Waals surface area contributed by atoms with Crippen LogP contribution in [0.3, 0.4) is 0 Å². The number of benzene rings is 1. The van der Waals surface area contributed by atoms with E-state index in [9.17, 15) is 15.2 Å². The summed E-state index contributed by atoms with van der Waals surface area (Å²) in [7, 11) is 0. The van der Waals surface area contributed by atoms with Gasteiger partial charge in [-0.1, -0.05) is 23.9 Å². The van der Waals surface area contributed by atoms with Crippen LogP contribution < -0.4 is 0 Å². The normalized spacial score (nSPS) is 10.1. The van der Waals surface area contributed by atoms with Gasteiger partial charge in [0.25, 0.3) is 0 Å². The third-order valence-corrected chi connectivity index (χ3v) is 3.09. The van der Waals surface area contributed by atoms with Gasteiger partial charge in [-0.05, 0) is 18.2 Å². The molecule has 0 aliphatic rings. The number of nitro groups is 1. The number of aromatic nitrogens is 1. The van der Waals surface area contributed by atoms with Crippen LogP contribution >= 0.6 is 11.8 Å². The number of phenols is 1. The second kappa shape index (κ2) is 4.84. The fraction of sp³-hybridized carbons (Fsp3) is 0. The number of hydrogen-bond acceptors (Lipinski definition) is 5. The molecule has 5 nitrogen and oxygen atoms in total. The van der Waals surface area contributed by atoms with E-state index in [1.165, 1.54) is 24.4 Å². The molecule has 6 heteroatoms. The SMILES string of the molecule is O=[N+]([O-])c1cccnc1Sc1ccccc1O. The van der Waals surface area contributed by atoms with Crippen molar-refractivity contribution in [1.29, 1.82) is 0 Å². The van der Waals surface area contributed by atoms with Crippen LogP contribution in [0.25, 0.3) is 0 Å². The van der Waals surface area contributed by atoms with Crippen LogP contribution in [0.15, 0.2) is 52.5 Å². The molecule has 0 aliphatic heterocycles. The minimum Gasteiger partial charge on any atom is -0.507 e. The molecule has 2 rings (SSSR count). The van der Waals surface area contributed by atoms with Gasteiger partial charge in [-0.15, -0.1) is 0 Å². The summed E-state index contributed by atoms with van der Waals surface area (Å²) in [4.78, 5) is 14.8. The molecule has 1 N–H and O–H groups in total. The van der Waals surface area contributed by atoms with Gasteiger partial charge < -0.3 is 5.11 Å². The molecule has 2 aromatic rings. The zero-order valence-corrected chi connectivity index (χ0v) is 9.42. The fourth-order valence-corrected chi connectivity index (χ4v) is 2.14. The Balaban J connectivity index is 2.37. The quantitative estimate of drug-likeness (QED) is 0.667. The third kappa shape index (κ3) is 2.54. The zero-order chi connectivity index (χ0) is 12.3. The van der Waals surface area contributed by atoms with Crippen LogP contribution in [0.2, 0.25) is 0 Å². The molecule has 1 heterocycles. The monoisotopic (exact) mass is 248 g/mol. The number of rotatable bonds is 3. The molecule has 86 valence electrons. The number of hydrogen-bond donors (Lipinski definition) is 1. The molecule has 1 aromatic carbocycles. The van der Waals surface area contributed by atoms with E-state index < -0.39 is 4.92 Å². The molecule has 0 unspecified atom stereocenters. The van der Waals surface area contributed by atoms with Crippen molar-refractivity contribution in [3.63, 3.8) is 0 Å². The summed E-state index contributed by atoms with van der Waals surface area (Å²) in [5.41, 5.74) is -0.0687. The fourth-order valence-electron chi connectivity index (χ4n) is 1.25. The predicted octanol–water partition coefficient (Wildman–Crippen LogP) is 2.85. The summed E-state index contributed by atoms with van der Waals surface area (Å²) in [6, 6.07) is 9.53. The highest BCUT2D eigenvalue weighted by atomic mass is 32.2. The van der Waals surface area contributed by atoms with Crippen molar-refractivity contribution in [1.82, 2.24) is 4.98 Å². The topological polar surface area (TPSA) is 76.3 Å². The highest BCUT2D eigenvalue weighted by Crippen LogP contribution is 2.36. The molecule has 17 heavy (non-hydrogen) atoms. The summed E-state index contributed by atoms with van der Waals surface area (Å²) < 4.78 is 0. The van der Waals surface area contributed by atoms with E-state index in [-0.39, 0.29) is 16.5 Å². The lowest BCUT2D eigenvalue weighted by molar-refractivity contribution is -0.388. The van der Waals surface area contributed by atoms with Crippen LogP contribution in [-0.4, -0.2) is 15.0 Å². The molecule has 0 bridgehead atoms. The maximum absolute atomic E-state index is 10.8. The van der Waals surface area contributed by atoms with Crippen LogP contribution in [-0.2, 0) is 0 Å².